The van der Waals surface area contributed by atoms with Crippen molar-refractivity contribution in [1.82, 2.24) is 5.32 Å². The molecule has 0 saturated heterocycles. The maximum Gasteiger partial charge on any atom is 0.0314 e. The minimum absolute atomic E-state index is 0.331. The molecule has 0 amide bonds. The summed E-state index contributed by atoms with van der Waals surface area (Å²) < 4.78 is 1.21. The Bertz CT molecular complexity index is 738. The molecular weight excluding hydrogens is 342 g/mol. The lowest BCUT2D eigenvalue weighted by Crippen LogP contribution is -2.17. The second-order valence-corrected chi connectivity index (χ2v) is 7.48. The third kappa shape index (κ3) is 3.20. The lowest BCUT2D eigenvalue weighted by molar-refractivity contribution is 0.582. The van der Waals surface area contributed by atoms with Crippen molar-refractivity contribution in [2.75, 3.05) is 0 Å². The molecule has 21 heavy (non-hydrogen) atoms. The van der Waals surface area contributed by atoms with Gasteiger partial charge in [-0.05, 0) is 52.2 Å². The number of aryl methyl sites for hydroxylation is 1. The maximum absolute atomic E-state index is 3.64. The maximum atomic E-state index is 3.64. The highest BCUT2D eigenvalue weighted by molar-refractivity contribution is 9.10. The van der Waals surface area contributed by atoms with Crippen molar-refractivity contribution in [1.29, 1.82) is 0 Å². The molecule has 1 heterocycles. The molecule has 0 aliphatic carbocycles. The third-order valence-corrected chi connectivity index (χ3v) is 5.92. The van der Waals surface area contributed by atoms with Crippen LogP contribution in [0.1, 0.15) is 28.3 Å². The highest BCUT2D eigenvalue weighted by atomic mass is 79.9. The molecule has 1 N–H and O–H groups in total. The Balaban J connectivity index is 1.79. The first-order chi connectivity index (χ1) is 10.1. The summed E-state index contributed by atoms with van der Waals surface area (Å²) >= 11 is 5.43. The lowest BCUT2D eigenvalue weighted by Gasteiger charge is -2.16. The second-order valence-electron chi connectivity index (χ2n) is 5.29. The van der Waals surface area contributed by atoms with E-state index in [0.717, 1.165) is 6.54 Å². The molecule has 1 nitrogen and oxygen atoms in total. The zero-order valence-corrected chi connectivity index (χ0v) is 14.6. The summed E-state index contributed by atoms with van der Waals surface area (Å²) in [5.74, 6) is 0. The molecular formula is C18H18BrNS. The molecule has 0 saturated carbocycles. The fourth-order valence-electron chi connectivity index (χ4n) is 2.60. The lowest BCUT2D eigenvalue weighted by atomic mass is 10.00. The van der Waals surface area contributed by atoms with Crippen LogP contribution >= 0.6 is 27.3 Å². The van der Waals surface area contributed by atoms with Gasteiger partial charge in [0.05, 0.1) is 0 Å². The van der Waals surface area contributed by atoms with Crippen molar-refractivity contribution >= 4 is 38.0 Å². The Morgan fingerprint density at radius 2 is 1.90 bits per heavy atom. The van der Waals surface area contributed by atoms with Crippen LogP contribution < -0.4 is 5.32 Å². The Morgan fingerprint density at radius 1 is 1.14 bits per heavy atom. The van der Waals surface area contributed by atoms with Crippen LogP contribution in [0.4, 0.5) is 0 Å². The Labute approximate surface area is 138 Å². The van der Waals surface area contributed by atoms with Crippen molar-refractivity contribution in [2.45, 2.75) is 26.4 Å². The highest BCUT2D eigenvalue weighted by Crippen LogP contribution is 2.28. The standard InChI is InChI=1S/C18H18BrNS/c1-12(20-11-15-10-18(19)13(2)21-15)16-9-5-7-14-6-3-4-8-17(14)16/h3-10,12,20H,11H2,1-2H3. The molecule has 3 aromatic rings. The first kappa shape index (κ1) is 14.8. The Morgan fingerprint density at radius 3 is 2.67 bits per heavy atom. The van der Waals surface area contributed by atoms with E-state index in [-0.39, 0.29) is 0 Å². The van der Waals surface area contributed by atoms with E-state index in [2.05, 4.69) is 83.6 Å². The van der Waals surface area contributed by atoms with E-state index in [0.29, 0.717) is 6.04 Å². The summed E-state index contributed by atoms with van der Waals surface area (Å²) in [4.78, 5) is 2.70. The summed E-state index contributed by atoms with van der Waals surface area (Å²) in [6.45, 7) is 5.28. The van der Waals surface area contributed by atoms with Crippen LogP contribution in [0.5, 0.6) is 0 Å². The van der Waals surface area contributed by atoms with Crippen molar-refractivity contribution < 1.29 is 0 Å². The molecule has 3 rings (SSSR count). The first-order valence-electron chi connectivity index (χ1n) is 7.11. The van der Waals surface area contributed by atoms with Crippen LogP contribution in [0.15, 0.2) is 53.0 Å². The molecule has 1 aromatic heterocycles. The number of halogens is 1. The molecule has 1 atom stereocenters. The molecule has 1 unspecified atom stereocenters. The topological polar surface area (TPSA) is 12.0 Å². The SMILES string of the molecule is Cc1sc(CNC(C)c2cccc3ccccc23)cc1Br. The molecule has 0 fully saturated rings. The van der Waals surface area contributed by atoms with Gasteiger partial charge in [0.1, 0.15) is 0 Å². The number of hydrogen-bond donors (Lipinski definition) is 1. The van der Waals surface area contributed by atoms with Crippen molar-refractivity contribution in [2.24, 2.45) is 0 Å². The van der Waals surface area contributed by atoms with Crippen LogP contribution in [0.25, 0.3) is 10.8 Å². The normalized spacial score (nSPS) is 12.7. The summed E-state index contributed by atoms with van der Waals surface area (Å²) in [5.41, 5.74) is 1.36. The van der Waals surface area contributed by atoms with Gasteiger partial charge >= 0.3 is 0 Å². The quantitative estimate of drug-likeness (QED) is 0.618. The molecule has 0 bridgehead atoms. The van der Waals surface area contributed by atoms with Gasteiger partial charge in [-0.25, -0.2) is 0 Å². The summed E-state index contributed by atoms with van der Waals surface area (Å²) in [5, 5.41) is 6.28. The molecule has 0 aliphatic rings. The van der Waals surface area contributed by atoms with Crippen LogP contribution in [0.2, 0.25) is 0 Å². The predicted molar refractivity (Wildman–Crippen MR) is 96.0 cm³/mol. The Kier molecular flexibility index (Phi) is 4.43. The van der Waals surface area contributed by atoms with E-state index in [4.69, 9.17) is 0 Å². The van der Waals surface area contributed by atoms with Crippen LogP contribution in [-0.4, -0.2) is 0 Å². The summed E-state index contributed by atoms with van der Waals surface area (Å²) in [7, 11) is 0. The number of benzene rings is 2. The Hall–Kier alpha value is -1.16. The van der Waals surface area contributed by atoms with Gasteiger partial charge in [0, 0.05) is 26.8 Å². The largest absolute Gasteiger partial charge is 0.305 e. The van der Waals surface area contributed by atoms with Gasteiger partial charge < -0.3 is 5.32 Å². The molecule has 0 radical (unpaired) electrons. The van der Waals surface area contributed by atoms with Crippen LogP contribution in [0, 0.1) is 6.92 Å². The smallest absolute Gasteiger partial charge is 0.0314 e. The van der Waals surface area contributed by atoms with Gasteiger partial charge in [0.15, 0.2) is 0 Å². The van der Waals surface area contributed by atoms with Crippen molar-refractivity contribution in [3.63, 3.8) is 0 Å². The molecule has 2 aromatic carbocycles. The minimum atomic E-state index is 0.331. The average molecular weight is 360 g/mol. The average Bonchev–Trinajstić information content (AvgIpc) is 2.83. The fraction of sp³-hybridized carbons (Fsp3) is 0.222. The van der Waals surface area contributed by atoms with E-state index in [1.807, 2.05) is 11.3 Å². The minimum Gasteiger partial charge on any atom is -0.305 e. The number of fused-ring (bicyclic) bond motifs is 1. The fourth-order valence-corrected chi connectivity index (χ4v) is 4.15. The predicted octanol–water partition coefficient (Wildman–Crippen LogP) is 5.82. The van der Waals surface area contributed by atoms with Gasteiger partial charge in [0.2, 0.25) is 0 Å². The molecule has 108 valence electrons. The van der Waals surface area contributed by atoms with E-state index in [9.17, 15) is 0 Å². The zero-order valence-electron chi connectivity index (χ0n) is 12.2. The van der Waals surface area contributed by atoms with E-state index in [1.165, 1.54) is 30.6 Å². The van der Waals surface area contributed by atoms with Gasteiger partial charge in [-0.3, -0.25) is 0 Å². The first-order valence-corrected chi connectivity index (χ1v) is 8.72. The molecule has 0 spiro atoms. The highest BCUT2D eigenvalue weighted by Gasteiger charge is 2.10. The van der Waals surface area contributed by atoms with Gasteiger partial charge in [-0.15, -0.1) is 11.3 Å². The number of thiophene rings is 1. The van der Waals surface area contributed by atoms with Gasteiger partial charge in [0.25, 0.3) is 0 Å². The number of rotatable bonds is 4. The summed E-state index contributed by atoms with van der Waals surface area (Å²) in [6, 6.07) is 17.7. The summed E-state index contributed by atoms with van der Waals surface area (Å²) in [6.07, 6.45) is 0. The van der Waals surface area contributed by atoms with Crippen LogP contribution in [-0.2, 0) is 6.54 Å². The van der Waals surface area contributed by atoms with E-state index in [1.54, 1.807) is 0 Å². The van der Waals surface area contributed by atoms with Crippen molar-refractivity contribution in [3.05, 3.63) is 68.3 Å². The van der Waals surface area contributed by atoms with Crippen LogP contribution in [0.3, 0.4) is 0 Å². The van der Waals surface area contributed by atoms with Crippen molar-refractivity contribution in [3.8, 4) is 0 Å². The van der Waals surface area contributed by atoms with E-state index < -0.39 is 0 Å². The zero-order chi connectivity index (χ0) is 14.8. The second kappa shape index (κ2) is 6.30. The molecule has 0 aliphatic heterocycles. The van der Waals surface area contributed by atoms with Gasteiger partial charge in [-0.2, -0.15) is 0 Å². The van der Waals surface area contributed by atoms with Gasteiger partial charge in [-0.1, -0.05) is 42.5 Å². The third-order valence-electron chi connectivity index (χ3n) is 3.78. The number of hydrogen-bond acceptors (Lipinski definition) is 2. The monoisotopic (exact) mass is 359 g/mol. The number of nitrogens with one attached hydrogen (secondary N) is 1. The van der Waals surface area contributed by atoms with E-state index >= 15 is 0 Å². The molecule has 3 heteroatoms.